The van der Waals surface area contributed by atoms with E-state index in [0.717, 1.165) is 10.8 Å². The van der Waals surface area contributed by atoms with Gasteiger partial charge < -0.3 is 29.7 Å². The fourth-order valence-corrected chi connectivity index (χ4v) is 8.50. The number of ether oxygens (including phenoxy) is 2. The average Bonchev–Trinajstić information content (AvgIpc) is 3.79. The summed E-state index contributed by atoms with van der Waals surface area (Å²) in [7, 11) is 0. The van der Waals surface area contributed by atoms with Crippen LogP contribution in [-0.4, -0.2) is 76.7 Å². The van der Waals surface area contributed by atoms with Crippen LogP contribution < -0.4 is 10.2 Å². The van der Waals surface area contributed by atoms with Crippen LogP contribution in [0.3, 0.4) is 0 Å². The van der Waals surface area contributed by atoms with Gasteiger partial charge in [0.2, 0.25) is 11.8 Å². The first-order valence-electron chi connectivity index (χ1n) is 18.2. The van der Waals surface area contributed by atoms with E-state index in [1.807, 2.05) is 86.6 Å². The molecule has 2 bridgehead atoms. The van der Waals surface area contributed by atoms with E-state index >= 15 is 4.79 Å². The maximum absolute atomic E-state index is 15.1. The van der Waals surface area contributed by atoms with E-state index in [0.29, 0.717) is 30.5 Å². The van der Waals surface area contributed by atoms with Gasteiger partial charge in [0, 0.05) is 18.7 Å². The minimum Gasteiger partial charge on any atom is -0.455 e. The summed E-state index contributed by atoms with van der Waals surface area (Å²) in [6.45, 7) is 13.0. The number of likely N-dealkylation sites (tertiary alicyclic amines) is 1. The number of esters is 1. The van der Waals surface area contributed by atoms with Crippen LogP contribution >= 0.6 is 0 Å². The Balaban J connectivity index is 1.36. The molecule has 0 saturated carbocycles. The number of amides is 3. The lowest BCUT2D eigenvalue weighted by Gasteiger charge is -2.40. The smallest absolute Gasteiger partial charge is 0.313 e. The van der Waals surface area contributed by atoms with Gasteiger partial charge in [-0.05, 0) is 60.6 Å². The van der Waals surface area contributed by atoms with Gasteiger partial charge in [0.05, 0.1) is 36.6 Å². The number of hydrogen-bond donors (Lipinski definition) is 2. The van der Waals surface area contributed by atoms with E-state index in [2.05, 4.69) is 18.5 Å². The van der Waals surface area contributed by atoms with Crippen LogP contribution in [-0.2, 0) is 28.7 Å². The Labute approximate surface area is 305 Å². The summed E-state index contributed by atoms with van der Waals surface area (Å²) >= 11 is 0. The van der Waals surface area contributed by atoms with Gasteiger partial charge in [0.1, 0.15) is 17.7 Å². The third kappa shape index (κ3) is 6.65. The molecule has 3 saturated heterocycles. The Morgan fingerprint density at radius 2 is 1.75 bits per heavy atom. The molecular formula is C42H49N3O7. The van der Waals surface area contributed by atoms with E-state index in [-0.39, 0.29) is 37.3 Å². The van der Waals surface area contributed by atoms with Crippen molar-refractivity contribution in [3.05, 3.63) is 104 Å². The van der Waals surface area contributed by atoms with Crippen LogP contribution in [0.1, 0.15) is 58.1 Å². The Kier molecular flexibility index (Phi) is 11.0. The minimum atomic E-state index is -1.31. The Bertz CT molecular complexity index is 1830. The number of carbonyl (C=O) groups is 4. The number of benzene rings is 3. The van der Waals surface area contributed by atoms with Gasteiger partial charge in [-0.2, -0.15) is 0 Å². The van der Waals surface area contributed by atoms with Crippen LogP contribution in [0.4, 0.5) is 5.69 Å². The Hall–Kier alpha value is -4.80. The topological polar surface area (TPSA) is 125 Å². The molecule has 0 unspecified atom stereocenters. The number of aliphatic hydroxyl groups excluding tert-OH is 1. The number of fused-ring (bicyclic) bond motifs is 2. The lowest BCUT2D eigenvalue weighted by Crippen LogP contribution is -2.59. The van der Waals surface area contributed by atoms with Crippen molar-refractivity contribution in [2.24, 2.45) is 17.8 Å². The van der Waals surface area contributed by atoms with E-state index in [4.69, 9.17) is 9.47 Å². The first kappa shape index (κ1) is 37.0. The summed E-state index contributed by atoms with van der Waals surface area (Å²) in [5.74, 6) is -3.79. The fraction of sp³-hybridized carbons (Fsp3) is 0.429. The maximum Gasteiger partial charge on any atom is 0.313 e. The van der Waals surface area contributed by atoms with Gasteiger partial charge in [-0.3, -0.25) is 19.2 Å². The van der Waals surface area contributed by atoms with Crippen molar-refractivity contribution in [2.45, 2.75) is 82.4 Å². The van der Waals surface area contributed by atoms with Gasteiger partial charge in [0.15, 0.2) is 0 Å². The summed E-state index contributed by atoms with van der Waals surface area (Å²) in [5.41, 5.74) is 0.0156. The normalized spacial score (nSPS) is 25.0. The first-order chi connectivity index (χ1) is 25.1. The number of rotatable bonds is 15. The first-order valence-corrected chi connectivity index (χ1v) is 18.2. The van der Waals surface area contributed by atoms with Gasteiger partial charge in [-0.25, -0.2) is 0 Å². The Morgan fingerprint density at radius 1 is 1.04 bits per heavy atom. The Morgan fingerprint density at radius 3 is 2.42 bits per heavy atom. The van der Waals surface area contributed by atoms with Crippen molar-refractivity contribution in [2.75, 3.05) is 18.1 Å². The van der Waals surface area contributed by atoms with Crippen molar-refractivity contribution in [1.29, 1.82) is 0 Å². The zero-order valence-corrected chi connectivity index (χ0v) is 30.1. The average molecular weight is 708 g/mol. The summed E-state index contributed by atoms with van der Waals surface area (Å²) < 4.78 is 13.0. The number of hydrogen-bond acceptors (Lipinski definition) is 7. The summed E-state index contributed by atoms with van der Waals surface area (Å²) in [6.07, 6.45) is 3.41. The van der Waals surface area contributed by atoms with Crippen LogP contribution in [0.5, 0.6) is 0 Å². The molecule has 0 aliphatic carbocycles. The number of carbonyl (C=O) groups excluding carboxylic acids is 4. The third-order valence-electron chi connectivity index (χ3n) is 11.0. The molecule has 2 N–H and O–H groups in total. The third-order valence-corrected chi connectivity index (χ3v) is 11.0. The monoisotopic (exact) mass is 707 g/mol. The predicted molar refractivity (Wildman–Crippen MR) is 199 cm³/mol. The molecule has 52 heavy (non-hydrogen) atoms. The molecule has 6 rings (SSSR count). The molecule has 0 radical (unpaired) electrons. The van der Waals surface area contributed by atoms with Crippen molar-refractivity contribution in [3.8, 4) is 0 Å². The number of nitrogens with zero attached hydrogens (tertiary/aromatic N) is 2. The van der Waals surface area contributed by atoms with Crippen molar-refractivity contribution in [3.63, 3.8) is 0 Å². The molecule has 0 aromatic heterocycles. The maximum atomic E-state index is 15.1. The second kappa shape index (κ2) is 15.4. The van der Waals surface area contributed by atoms with E-state index < -0.39 is 59.6 Å². The molecule has 3 fully saturated rings. The lowest BCUT2D eigenvalue weighted by molar-refractivity contribution is -0.162. The number of aliphatic hydroxyl groups is 1. The largest absolute Gasteiger partial charge is 0.455 e. The van der Waals surface area contributed by atoms with Gasteiger partial charge in [-0.1, -0.05) is 86.7 Å². The molecule has 274 valence electrons. The van der Waals surface area contributed by atoms with Gasteiger partial charge in [-0.15, -0.1) is 13.2 Å². The summed E-state index contributed by atoms with van der Waals surface area (Å²) in [5, 5.41) is 15.6. The van der Waals surface area contributed by atoms with E-state index in [1.165, 1.54) is 4.90 Å². The second-order valence-corrected chi connectivity index (χ2v) is 14.5. The highest BCUT2D eigenvalue weighted by atomic mass is 16.6. The van der Waals surface area contributed by atoms with Crippen molar-refractivity contribution >= 4 is 40.2 Å². The molecular weight excluding hydrogens is 658 g/mol. The van der Waals surface area contributed by atoms with E-state index in [1.54, 1.807) is 24.0 Å². The van der Waals surface area contributed by atoms with Crippen LogP contribution in [0.2, 0.25) is 0 Å². The number of nitrogens with one attached hydrogen (secondary N) is 1. The second-order valence-electron chi connectivity index (χ2n) is 14.5. The summed E-state index contributed by atoms with van der Waals surface area (Å²) in [4.78, 5) is 60.1. The van der Waals surface area contributed by atoms with Crippen molar-refractivity contribution < 1.29 is 33.8 Å². The molecule has 10 nitrogen and oxygen atoms in total. The fourth-order valence-electron chi connectivity index (χ4n) is 8.50. The summed E-state index contributed by atoms with van der Waals surface area (Å²) in [6, 6.07) is 20.4. The highest BCUT2D eigenvalue weighted by Crippen LogP contribution is 2.59. The van der Waals surface area contributed by atoms with Crippen LogP contribution in [0.15, 0.2) is 98.1 Å². The molecule has 1 spiro atoms. The van der Waals surface area contributed by atoms with E-state index in [9.17, 15) is 19.5 Å². The van der Waals surface area contributed by atoms with Crippen molar-refractivity contribution in [1.82, 2.24) is 10.2 Å². The molecule has 3 aliphatic rings. The SMILES string of the molecule is C=CCCC(=O)N[C@H](C)[C@@H](OC(=O)[C@@H]1[C@H]2C(=O)N([C@@H](CO)C(C)C)[C@H](C(=O)N(CC=C)c3ccc4ccccc4c3)[C@]23CC[C@H]1O3)c1ccccc1. The lowest BCUT2D eigenvalue weighted by atomic mass is 9.70. The molecule has 8 atom stereocenters. The molecule has 3 heterocycles. The molecule has 3 amide bonds. The number of anilines is 1. The standard InChI is InChI=1S/C42H49N3O7/c1-6-8-18-34(47)43-27(5)37(29-15-10-9-11-16-29)51-41(50)35-33-21-22-42(52-33)36(35)39(48)45(32(25-46)26(3)4)38(42)40(49)44(23-7-2)31-20-19-28-14-12-13-17-30(28)24-31/h6-7,9-17,19-20,24,26-27,32-33,35-38,46H,1-2,8,18,21-23,25H2,3-5H3,(H,43,47)/t27-,32+,33-,35+,36+,37-,38-,42+/m1/s1. The molecule has 3 aliphatic heterocycles. The van der Waals surface area contributed by atoms with Gasteiger partial charge >= 0.3 is 5.97 Å². The highest BCUT2D eigenvalue weighted by molar-refractivity contribution is 6.05. The number of allylic oxidation sites excluding steroid dienone is 1. The molecule has 3 aromatic rings. The quantitative estimate of drug-likeness (QED) is 0.158. The predicted octanol–water partition coefficient (Wildman–Crippen LogP) is 5.51. The zero-order chi connectivity index (χ0) is 37.2. The molecule has 3 aromatic carbocycles. The minimum absolute atomic E-state index is 0.173. The van der Waals surface area contributed by atoms with Crippen LogP contribution in [0.25, 0.3) is 10.8 Å². The highest BCUT2D eigenvalue weighted by Gasteiger charge is 2.76. The molecule has 10 heteroatoms. The zero-order valence-electron chi connectivity index (χ0n) is 30.1. The van der Waals surface area contributed by atoms with Crippen LogP contribution in [0, 0.1) is 17.8 Å². The van der Waals surface area contributed by atoms with Gasteiger partial charge in [0.25, 0.3) is 5.91 Å².